The summed E-state index contributed by atoms with van der Waals surface area (Å²) in [5, 5.41) is 20.0. The summed E-state index contributed by atoms with van der Waals surface area (Å²) in [5.74, 6) is -0.0827. The largest absolute Gasteiger partial charge is 0.504 e. The number of benzene rings is 1. The third-order valence-corrected chi connectivity index (χ3v) is 5.03. The van der Waals surface area contributed by atoms with Crippen LogP contribution in [0.2, 0.25) is 0 Å². The topological polar surface area (TPSA) is 49.7 Å². The zero-order valence-corrected chi connectivity index (χ0v) is 17.0. The number of para-hydroxylation sites is 1. The number of hydrogen-bond acceptors (Lipinski definition) is 3. The van der Waals surface area contributed by atoms with Crippen LogP contribution >= 0.6 is 0 Å². The van der Waals surface area contributed by atoms with Gasteiger partial charge in [0.1, 0.15) is 0 Å². The highest BCUT2D eigenvalue weighted by atomic mass is 16.5. The Morgan fingerprint density at radius 2 is 1.35 bits per heavy atom. The molecule has 0 radical (unpaired) electrons. The fourth-order valence-corrected chi connectivity index (χ4v) is 3.36. The van der Waals surface area contributed by atoms with E-state index in [9.17, 15) is 10.2 Å². The summed E-state index contributed by atoms with van der Waals surface area (Å²) in [6.07, 6.45) is 15.8. The summed E-state index contributed by atoms with van der Waals surface area (Å²) in [6, 6.07) is 5.17. The van der Waals surface area contributed by atoms with Crippen LogP contribution in [0.15, 0.2) is 18.2 Å². The van der Waals surface area contributed by atoms with Gasteiger partial charge in [0, 0.05) is 12.2 Å². The molecule has 1 aromatic carbocycles. The Hall–Kier alpha value is -1.22. The highest BCUT2D eigenvalue weighted by molar-refractivity contribution is 5.45. The molecule has 0 aromatic heterocycles. The molecule has 3 nitrogen and oxygen atoms in total. The van der Waals surface area contributed by atoms with Crippen LogP contribution in [0.1, 0.15) is 109 Å². The molecule has 1 rings (SSSR count). The van der Waals surface area contributed by atoms with Crippen LogP contribution in [0.3, 0.4) is 0 Å². The second-order valence-electron chi connectivity index (χ2n) is 7.40. The molecule has 150 valence electrons. The molecule has 2 N–H and O–H groups in total. The molecule has 1 aromatic rings. The normalized spacial score (nSPS) is 12.4. The van der Waals surface area contributed by atoms with Gasteiger partial charge in [0.05, 0.1) is 6.10 Å². The van der Waals surface area contributed by atoms with Gasteiger partial charge >= 0.3 is 0 Å². The van der Waals surface area contributed by atoms with E-state index in [2.05, 4.69) is 13.8 Å². The summed E-state index contributed by atoms with van der Waals surface area (Å²) >= 11 is 0. The maximum atomic E-state index is 10.2. The van der Waals surface area contributed by atoms with E-state index < -0.39 is 0 Å². The van der Waals surface area contributed by atoms with Gasteiger partial charge in [0.15, 0.2) is 11.5 Å². The number of phenols is 2. The molecule has 0 aliphatic heterocycles. The van der Waals surface area contributed by atoms with Gasteiger partial charge in [0.25, 0.3) is 0 Å². The number of phenolic OH excluding ortho intramolecular Hbond substituents is 2. The predicted octanol–water partition coefficient (Wildman–Crippen LogP) is 7.27. The molecular weight excluding hydrogens is 324 g/mol. The Kier molecular flexibility index (Phi) is 13.1. The smallest absolute Gasteiger partial charge is 0.163 e. The lowest BCUT2D eigenvalue weighted by Gasteiger charge is -2.20. The lowest BCUT2D eigenvalue weighted by molar-refractivity contribution is 0.0404. The Balaban J connectivity index is 2.36. The second-order valence-corrected chi connectivity index (χ2v) is 7.40. The van der Waals surface area contributed by atoms with Crippen molar-refractivity contribution in [2.45, 2.75) is 103 Å². The van der Waals surface area contributed by atoms with Gasteiger partial charge < -0.3 is 14.9 Å². The Morgan fingerprint density at radius 3 is 2.00 bits per heavy atom. The molecule has 26 heavy (non-hydrogen) atoms. The van der Waals surface area contributed by atoms with E-state index in [1.54, 1.807) is 6.07 Å². The first-order valence-electron chi connectivity index (χ1n) is 10.8. The quantitative estimate of drug-likeness (QED) is 0.239. The van der Waals surface area contributed by atoms with Crippen molar-refractivity contribution in [1.29, 1.82) is 0 Å². The van der Waals surface area contributed by atoms with Crippen molar-refractivity contribution in [1.82, 2.24) is 0 Å². The molecule has 0 bridgehead atoms. The van der Waals surface area contributed by atoms with Crippen molar-refractivity contribution in [3.05, 3.63) is 23.8 Å². The first kappa shape index (κ1) is 22.8. The predicted molar refractivity (Wildman–Crippen MR) is 110 cm³/mol. The van der Waals surface area contributed by atoms with E-state index in [1.165, 1.54) is 70.3 Å². The SMILES string of the molecule is CCCCCCCCCCOC(CCCCCC)c1cccc(O)c1O. The molecule has 3 heteroatoms. The lowest BCUT2D eigenvalue weighted by atomic mass is 10.0. The van der Waals surface area contributed by atoms with Crippen molar-refractivity contribution < 1.29 is 14.9 Å². The maximum absolute atomic E-state index is 10.2. The van der Waals surface area contributed by atoms with Gasteiger partial charge in [-0.1, -0.05) is 96.6 Å². The van der Waals surface area contributed by atoms with E-state index in [0.717, 1.165) is 31.4 Å². The van der Waals surface area contributed by atoms with Crippen molar-refractivity contribution in [2.24, 2.45) is 0 Å². The molecule has 0 saturated carbocycles. The summed E-state index contributed by atoms with van der Waals surface area (Å²) in [4.78, 5) is 0. The molecule has 1 unspecified atom stereocenters. The van der Waals surface area contributed by atoms with Gasteiger partial charge in [-0.3, -0.25) is 0 Å². The summed E-state index contributed by atoms with van der Waals surface area (Å²) in [5.41, 5.74) is 0.723. The lowest BCUT2D eigenvalue weighted by Crippen LogP contribution is -2.06. The van der Waals surface area contributed by atoms with Gasteiger partial charge in [-0.2, -0.15) is 0 Å². The molecule has 0 amide bonds. The number of hydrogen-bond donors (Lipinski definition) is 2. The summed E-state index contributed by atoms with van der Waals surface area (Å²) in [6.45, 7) is 5.18. The van der Waals surface area contributed by atoms with Gasteiger partial charge in [-0.15, -0.1) is 0 Å². The monoisotopic (exact) mass is 364 g/mol. The molecule has 0 saturated heterocycles. The molecule has 1 atom stereocenters. The number of aromatic hydroxyl groups is 2. The maximum Gasteiger partial charge on any atom is 0.163 e. The highest BCUT2D eigenvalue weighted by Crippen LogP contribution is 2.36. The summed E-state index contributed by atoms with van der Waals surface area (Å²) in [7, 11) is 0. The van der Waals surface area contributed by atoms with Crippen molar-refractivity contribution in [3.8, 4) is 11.5 Å². The van der Waals surface area contributed by atoms with Crippen molar-refractivity contribution >= 4 is 0 Å². The summed E-state index contributed by atoms with van der Waals surface area (Å²) < 4.78 is 6.12. The standard InChI is InChI=1S/C23H40O3/c1-3-5-7-9-10-11-12-14-19-26-22(18-13-8-6-4-2)20-16-15-17-21(24)23(20)25/h15-17,22,24-25H,3-14,18-19H2,1-2H3. The van der Waals surface area contributed by atoms with Crippen LogP contribution < -0.4 is 0 Å². The van der Waals surface area contributed by atoms with Crippen LogP contribution in [-0.4, -0.2) is 16.8 Å². The fraction of sp³-hybridized carbons (Fsp3) is 0.739. The van der Waals surface area contributed by atoms with E-state index in [-0.39, 0.29) is 17.6 Å². The highest BCUT2D eigenvalue weighted by Gasteiger charge is 2.17. The Bertz CT molecular complexity index is 459. The first-order valence-corrected chi connectivity index (χ1v) is 10.8. The number of ether oxygens (including phenoxy) is 1. The number of unbranched alkanes of at least 4 members (excludes halogenated alkanes) is 10. The third-order valence-electron chi connectivity index (χ3n) is 5.03. The Labute approximate surface area is 160 Å². The minimum Gasteiger partial charge on any atom is -0.504 e. The second kappa shape index (κ2) is 14.9. The van der Waals surface area contributed by atoms with Crippen LogP contribution in [0.25, 0.3) is 0 Å². The van der Waals surface area contributed by atoms with Crippen LogP contribution in [0.4, 0.5) is 0 Å². The Morgan fingerprint density at radius 1 is 0.769 bits per heavy atom. The molecule has 0 heterocycles. The van der Waals surface area contributed by atoms with E-state index >= 15 is 0 Å². The molecule has 0 spiro atoms. The molecule has 0 aliphatic rings. The van der Waals surface area contributed by atoms with E-state index in [4.69, 9.17) is 4.74 Å². The average Bonchev–Trinajstić information content (AvgIpc) is 2.64. The van der Waals surface area contributed by atoms with Crippen LogP contribution in [-0.2, 0) is 4.74 Å². The zero-order valence-electron chi connectivity index (χ0n) is 17.0. The minimum absolute atomic E-state index is 0.0242. The fourth-order valence-electron chi connectivity index (χ4n) is 3.36. The van der Waals surface area contributed by atoms with Crippen molar-refractivity contribution in [3.63, 3.8) is 0 Å². The van der Waals surface area contributed by atoms with Crippen LogP contribution in [0.5, 0.6) is 11.5 Å². The average molecular weight is 365 g/mol. The van der Waals surface area contributed by atoms with Crippen LogP contribution in [0, 0.1) is 0 Å². The van der Waals surface area contributed by atoms with Gasteiger partial charge in [0.2, 0.25) is 0 Å². The molecule has 0 aliphatic carbocycles. The van der Waals surface area contributed by atoms with Gasteiger partial charge in [-0.25, -0.2) is 0 Å². The van der Waals surface area contributed by atoms with Crippen molar-refractivity contribution in [2.75, 3.05) is 6.61 Å². The van der Waals surface area contributed by atoms with E-state index in [0.29, 0.717) is 0 Å². The molecule has 0 fully saturated rings. The molecular formula is C23H40O3. The third kappa shape index (κ3) is 9.47. The minimum atomic E-state index is -0.122. The zero-order chi connectivity index (χ0) is 19.0. The first-order chi connectivity index (χ1) is 12.7. The number of rotatable bonds is 16. The van der Waals surface area contributed by atoms with Gasteiger partial charge in [-0.05, 0) is 18.9 Å². The van der Waals surface area contributed by atoms with E-state index in [1.807, 2.05) is 6.07 Å².